The summed E-state index contributed by atoms with van der Waals surface area (Å²) in [6.07, 6.45) is 1.47. The van der Waals surface area contributed by atoms with E-state index in [2.05, 4.69) is 0 Å². The second-order valence-corrected chi connectivity index (χ2v) is 4.16. The van der Waals surface area contributed by atoms with Gasteiger partial charge in [-0.2, -0.15) is 0 Å². The Labute approximate surface area is 109 Å². The number of nitrogens with two attached hydrogens (primary N) is 1. The molecular weight excluding hydrogens is 256 g/mol. The molecule has 0 saturated heterocycles. The minimum absolute atomic E-state index is 0.0376. The molecule has 0 bridgehead atoms. The van der Waals surface area contributed by atoms with Crippen LogP contribution in [0.15, 0.2) is 42.5 Å². The first-order chi connectivity index (χ1) is 8.58. The van der Waals surface area contributed by atoms with Crippen LogP contribution in [0.3, 0.4) is 0 Å². The molecule has 0 spiro atoms. The Morgan fingerprint density at radius 2 is 1.72 bits per heavy atom. The van der Waals surface area contributed by atoms with Crippen LogP contribution >= 0.6 is 11.6 Å². The first-order valence-corrected chi connectivity index (χ1v) is 5.63. The molecule has 0 amide bonds. The van der Waals surface area contributed by atoms with Gasteiger partial charge >= 0.3 is 0 Å². The number of hydrogen-bond donors (Lipinski definition) is 1. The zero-order chi connectivity index (χ0) is 13.1. The summed E-state index contributed by atoms with van der Waals surface area (Å²) in [6, 6.07) is 10.3. The molecule has 18 heavy (non-hydrogen) atoms. The third kappa shape index (κ3) is 2.68. The van der Waals surface area contributed by atoms with E-state index in [1.165, 1.54) is 36.4 Å². The number of rotatable bonds is 2. The predicted molar refractivity (Wildman–Crippen MR) is 69.9 cm³/mol. The number of benzene rings is 2. The molecule has 0 unspecified atom stereocenters. The highest BCUT2D eigenvalue weighted by Crippen LogP contribution is 2.21. The Balaban J connectivity index is 2.38. The third-order valence-corrected chi connectivity index (χ3v) is 2.76. The highest BCUT2D eigenvalue weighted by molar-refractivity contribution is 6.30. The second kappa shape index (κ2) is 5.19. The Morgan fingerprint density at radius 1 is 1.06 bits per heavy atom. The normalized spacial score (nSPS) is 11.6. The molecule has 2 rings (SSSR count). The van der Waals surface area contributed by atoms with Gasteiger partial charge in [0.15, 0.2) is 0 Å². The molecule has 2 aromatic rings. The lowest BCUT2D eigenvalue weighted by Crippen LogP contribution is -1.97. The zero-order valence-electron chi connectivity index (χ0n) is 9.33. The molecular formula is C14H10ClF2N. The van der Waals surface area contributed by atoms with Crippen LogP contribution in [0.2, 0.25) is 5.02 Å². The molecule has 0 aliphatic rings. The van der Waals surface area contributed by atoms with Crippen LogP contribution in [0.5, 0.6) is 0 Å². The molecule has 0 saturated carbocycles. The van der Waals surface area contributed by atoms with Gasteiger partial charge in [0, 0.05) is 11.3 Å². The second-order valence-electron chi connectivity index (χ2n) is 3.75. The van der Waals surface area contributed by atoms with E-state index in [4.69, 9.17) is 17.3 Å². The fourth-order valence-electron chi connectivity index (χ4n) is 1.53. The molecule has 0 fully saturated rings. The molecule has 2 aromatic carbocycles. The molecule has 4 heteroatoms. The first kappa shape index (κ1) is 12.6. The lowest BCUT2D eigenvalue weighted by molar-refractivity contribution is 0.625. The summed E-state index contributed by atoms with van der Waals surface area (Å²) < 4.78 is 26.4. The molecule has 2 N–H and O–H groups in total. The maximum Gasteiger partial charge on any atom is 0.149 e. The van der Waals surface area contributed by atoms with Gasteiger partial charge < -0.3 is 5.73 Å². The van der Waals surface area contributed by atoms with Crippen LogP contribution < -0.4 is 5.73 Å². The van der Waals surface area contributed by atoms with Gasteiger partial charge in [0.1, 0.15) is 11.6 Å². The maximum atomic E-state index is 13.6. The van der Waals surface area contributed by atoms with Gasteiger partial charge in [-0.25, -0.2) is 8.78 Å². The molecule has 0 aliphatic carbocycles. The van der Waals surface area contributed by atoms with Gasteiger partial charge in [-0.05, 0) is 29.8 Å². The Morgan fingerprint density at radius 3 is 2.39 bits per heavy atom. The molecule has 0 aromatic heterocycles. The minimum atomic E-state index is -0.524. The van der Waals surface area contributed by atoms with Crippen LogP contribution in [0, 0.1) is 11.6 Å². The number of hydrogen-bond acceptors (Lipinski definition) is 1. The predicted octanol–water partition coefficient (Wildman–Crippen LogP) is 4.08. The summed E-state index contributed by atoms with van der Waals surface area (Å²) in [4.78, 5) is 0. The summed E-state index contributed by atoms with van der Waals surface area (Å²) in [5.41, 5.74) is 7.09. The zero-order valence-corrected chi connectivity index (χ0v) is 10.1. The summed E-state index contributed by atoms with van der Waals surface area (Å²) >= 11 is 5.67. The van der Waals surface area contributed by atoms with Crippen molar-refractivity contribution >= 4 is 23.4 Å². The standard InChI is InChI=1S/C14H10ClF2N/c15-12-3-1-2-10(14(12)17)8-13(18)9-4-6-11(16)7-5-9/h1-8H,18H2/b13-8-. The van der Waals surface area contributed by atoms with Crippen molar-refractivity contribution in [3.05, 3.63) is 70.2 Å². The van der Waals surface area contributed by atoms with Crippen molar-refractivity contribution < 1.29 is 8.78 Å². The quantitative estimate of drug-likeness (QED) is 0.814. The van der Waals surface area contributed by atoms with Crippen LogP contribution in [0.4, 0.5) is 8.78 Å². The van der Waals surface area contributed by atoms with E-state index >= 15 is 0 Å². The van der Waals surface area contributed by atoms with E-state index in [-0.39, 0.29) is 10.8 Å². The summed E-state index contributed by atoms with van der Waals surface area (Å²) in [5.74, 6) is -0.871. The first-order valence-electron chi connectivity index (χ1n) is 5.25. The third-order valence-electron chi connectivity index (χ3n) is 2.47. The number of halogens is 3. The lowest BCUT2D eigenvalue weighted by Gasteiger charge is -2.03. The molecule has 1 nitrogen and oxygen atoms in total. The van der Waals surface area contributed by atoms with Crippen molar-refractivity contribution in [3.63, 3.8) is 0 Å². The fraction of sp³-hybridized carbons (Fsp3) is 0. The van der Waals surface area contributed by atoms with E-state index in [1.807, 2.05) is 0 Å². The van der Waals surface area contributed by atoms with Crippen molar-refractivity contribution in [2.24, 2.45) is 5.73 Å². The smallest absolute Gasteiger partial charge is 0.149 e. The van der Waals surface area contributed by atoms with Gasteiger partial charge in [0.25, 0.3) is 0 Å². The summed E-state index contributed by atoms with van der Waals surface area (Å²) in [6.45, 7) is 0. The highest BCUT2D eigenvalue weighted by atomic mass is 35.5. The topological polar surface area (TPSA) is 26.0 Å². The Bertz CT molecular complexity index is 591. The lowest BCUT2D eigenvalue weighted by atomic mass is 10.1. The average molecular weight is 266 g/mol. The van der Waals surface area contributed by atoms with Crippen LogP contribution in [0.1, 0.15) is 11.1 Å². The minimum Gasteiger partial charge on any atom is -0.398 e. The van der Waals surface area contributed by atoms with Crippen LogP contribution in [-0.2, 0) is 0 Å². The van der Waals surface area contributed by atoms with Crippen molar-refractivity contribution in [1.29, 1.82) is 0 Å². The molecule has 0 heterocycles. The van der Waals surface area contributed by atoms with E-state index in [0.717, 1.165) is 0 Å². The highest BCUT2D eigenvalue weighted by Gasteiger charge is 2.05. The SMILES string of the molecule is N/C(=C\c1cccc(Cl)c1F)c1ccc(F)cc1. The van der Waals surface area contributed by atoms with E-state index in [0.29, 0.717) is 16.8 Å². The van der Waals surface area contributed by atoms with Gasteiger partial charge in [0.05, 0.1) is 5.02 Å². The van der Waals surface area contributed by atoms with Gasteiger partial charge in [-0.15, -0.1) is 0 Å². The molecule has 92 valence electrons. The van der Waals surface area contributed by atoms with Crippen molar-refractivity contribution in [2.75, 3.05) is 0 Å². The molecule has 0 radical (unpaired) electrons. The largest absolute Gasteiger partial charge is 0.398 e. The average Bonchev–Trinajstić information content (AvgIpc) is 2.36. The fourth-order valence-corrected chi connectivity index (χ4v) is 1.71. The summed E-state index contributed by atoms with van der Waals surface area (Å²) in [7, 11) is 0. The molecule has 0 atom stereocenters. The van der Waals surface area contributed by atoms with E-state index < -0.39 is 5.82 Å². The maximum absolute atomic E-state index is 13.6. The van der Waals surface area contributed by atoms with Crippen molar-refractivity contribution in [3.8, 4) is 0 Å². The van der Waals surface area contributed by atoms with Crippen LogP contribution in [0.25, 0.3) is 11.8 Å². The van der Waals surface area contributed by atoms with E-state index in [9.17, 15) is 8.78 Å². The monoisotopic (exact) mass is 265 g/mol. The van der Waals surface area contributed by atoms with Crippen LogP contribution in [-0.4, -0.2) is 0 Å². The van der Waals surface area contributed by atoms with Crippen molar-refractivity contribution in [1.82, 2.24) is 0 Å². The Kier molecular flexibility index (Phi) is 3.63. The summed E-state index contributed by atoms with van der Waals surface area (Å²) in [5, 5.41) is 0.0376. The van der Waals surface area contributed by atoms with Crippen molar-refractivity contribution in [2.45, 2.75) is 0 Å². The Hall–Kier alpha value is -1.87. The van der Waals surface area contributed by atoms with E-state index in [1.54, 1.807) is 12.1 Å². The molecule has 0 aliphatic heterocycles. The van der Waals surface area contributed by atoms with Gasteiger partial charge in [0.2, 0.25) is 0 Å². The van der Waals surface area contributed by atoms with Gasteiger partial charge in [-0.3, -0.25) is 0 Å². The van der Waals surface area contributed by atoms with Gasteiger partial charge in [-0.1, -0.05) is 35.9 Å².